The SMILES string of the molecule is CCNC(=NCC(O)C1CCCCC1)NC1C2CCCOC2C1(C)C.I. The average Bonchev–Trinajstić information content (AvgIpc) is 2.64. The van der Waals surface area contributed by atoms with Gasteiger partial charge in [0.2, 0.25) is 0 Å². The Balaban J connectivity index is 0.00000243. The Bertz CT molecular complexity index is 466. The van der Waals surface area contributed by atoms with Gasteiger partial charge in [-0.3, -0.25) is 4.99 Å². The van der Waals surface area contributed by atoms with E-state index in [-0.39, 0.29) is 35.5 Å². The van der Waals surface area contributed by atoms with E-state index in [9.17, 15) is 5.11 Å². The zero-order valence-corrected chi connectivity index (χ0v) is 19.0. The van der Waals surface area contributed by atoms with Gasteiger partial charge in [-0.15, -0.1) is 24.0 Å². The van der Waals surface area contributed by atoms with Gasteiger partial charge in [0.1, 0.15) is 0 Å². The molecule has 0 bridgehead atoms. The maximum atomic E-state index is 10.5. The van der Waals surface area contributed by atoms with E-state index in [4.69, 9.17) is 9.73 Å². The third-order valence-electron chi connectivity index (χ3n) is 6.60. The molecule has 1 aliphatic heterocycles. The summed E-state index contributed by atoms with van der Waals surface area (Å²) in [7, 11) is 0. The molecule has 152 valence electrons. The fourth-order valence-electron chi connectivity index (χ4n) is 5.14. The molecular weight excluding hydrogens is 441 g/mol. The average molecular weight is 479 g/mol. The summed E-state index contributed by atoms with van der Waals surface area (Å²) in [6.07, 6.45) is 8.57. The number of aliphatic hydroxyl groups excluding tert-OH is 1. The molecule has 3 rings (SSSR count). The second-order valence-corrected chi connectivity index (χ2v) is 8.73. The van der Waals surface area contributed by atoms with Gasteiger partial charge in [-0.1, -0.05) is 33.1 Å². The molecule has 4 unspecified atom stereocenters. The lowest BCUT2D eigenvalue weighted by atomic mass is 9.55. The molecule has 1 heterocycles. The monoisotopic (exact) mass is 479 g/mol. The van der Waals surface area contributed by atoms with E-state index in [1.807, 2.05) is 0 Å². The van der Waals surface area contributed by atoms with Crippen LogP contribution in [0.15, 0.2) is 4.99 Å². The van der Waals surface area contributed by atoms with Gasteiger partial charge in [-0.2, -0.15) is 0 Å². The number of nitrogens with zero attached hydrogens (tertiary/aromatic N) is 1. The summed E-state index contributed by atoms with van der Waals surface area (Å²) in [6.45, 7) is 8.91. The highest BCUT2D eigenvalue weighted by molar-refractivity contribution is 14.0. The van der Waals surface area contributed by atoms with Gasteiger partial charge in [0.05, 0.1) is 18.8 Å². The topological polar surface area (TPSA) is 65.9 Å². The molecule has 1 saturated heterocycles. The minimum atomic E-state index is -0.309. The number of hydrogen-bond donors (Lipinski definition) is 3. The lowest BCUT2D eigenvalue weighted by Crippen LogP contribution is -2.71. The van der Waals surface area contributed by atoms with Crippen molar-refractivity contribution in [1.29, 1.82) is 0 Å². The van der Waals surface area contributed by atoms with E-state index in [0.29, 0.717) is 30.5 Å². The zero-order valence-electron chi connectivity index (χ0n) is 16.7. The summed E-state index contributed by atoms with van der Waals surface area (Å²) in [5.74, 6) is 1.85. The van der Waals surface area contributed by atoms with Crippen LogP contribution in [0, 0.1) is 17.3 Å². The molecule has 0 aromatic carbocycles. The Morgan fingerprint density at radius 1 is 1.19 bits per heavy atom. The quantitative estimate of drug-likeness (QED) is 0.322. The molecule has 2 saturated carbocycles. The van der Waals surface area contributed by atoms with Gasteiger partial charge in [-0.25, -0.2) is 0 Å². The molecule has 0 amide bonds. The third kappa shape index (κ3) is 4.85. The molecular formula is C20H38IN3O2. The van der Waals surface area contributed by atoms with Gasteiger partial charge >= 0.3 is 0 Å². The first-order valence-electron chi connectivity index (χ1n) is 10.4. The van der Waals surface area contributed by atoms with Crippen molar-refractivity contribution in [3.8, 4) is 0 Å². The maximum absolute atomic E-state index is 10.5. The zero-order chi connectivity index (χ0) is 17.9. The molecule has 3 fully saturated rings. The fraction of sp³-hybridized carbons (Fsp3) is 0.950. The van der Waals surface area contributed by atoms with E-state index in [1.165, 1.54) is 25.7 Å². The Kier molecular flexibility index (Phi) is 8.47. The van der Waals surface area contributed by atoms with Crippen molar-refractivity contribution in [2.75, 3.05) is 19.7 Å². The minimum absolute atomic E-state index is 0. The predicted molar refractivity (Wildman–Crippen MR) is 117 cm³/mol. The summed E-state index contributed by atoms with van der Waals surface area (Å²) in [5.41, 5.74) is 0.128. The number of ether oxygens (including phenoxy) is 1. The number of nitrogens with one attached hydrogen (secondary N) is 2. The van der Waals surface area contributed by atoms with Crippen molar-refractivity contribution in [3.05, 3.63) is 0 Å². The first-order chi connectivity index (χ1) is 12.0. The largest absolute Gasteiger partial charge is 0.391 e. The van der Waals surface area contributed by atoms with Gasteiger partial charge < -0.3 is 20.5 Å². The molecule has 0 aromatic rings. The van der Waals surface area contributed by atoms with Crippen LogP contribution >= 0.6 is 24.0 Å². The van der Waals surface area contributed by atoms with Gasteiger partial charge in [0.15, 0.2) is 5.96 Å². The third-order valence-corrected chi connectivity index (χ3v) is 6.60. The van der Waals surface area contributed by atoms with Crippen LogP contribution in [0.3, 0.4) is 0 Å². The number of halogens is 1. The van der Waals surface area contributed by atoms with Crippen LogP contribution in [0.5, 0.6) is 0 Å². The number of rotatable bonds is 5. The molecule has 4 atom stereocenters. The first-order valence-corrected chi connectivity index (χ1v) is 10.4. The van der Waals surface area contributed by atoms with Crippen molar-refractivity contribution in [2.24, 2.45) is 22.2 Å². The second-order valence-electron chi connectivity index (χ2n) is 8.73. The highest BCUT2D eigenvalue weighted by atomic mass is 127. The Hall–Kier alpha value is -0.0800. The summed E-state index contributed by atoms with van der Waals surface area (Å²) in [5, 5.41) is 17.5. The highest BCUT2D eigenvalue weighted by Crippen LogP contribution is 2.51. The minimum Gasteiger partial charge on any atom is -0.391 e. The molecule has 26 heavy (non-hydrogen) atoms. The van der Waals surface area contributed by atoms with Crippen molar-refractivity contribution >= 4 is 29.9 Å². The van der Waals surface area contributed by atoms with Crippen molar-refractivity contribution in [2.45, 2.75) is 84.0 Å². The van der Waals surface area contributed by atoms with Crippen molar-refractivity contribution in [1.82, 2.24) is 10.6 Å². The smallest absolute Gasteiger partial charge is 0.191 e. The normalized spacial score (nSPS) is 32.6. The molecule has 3 N–H and O–H groups in total. The summed E-state index contributed by atoms with van der Waals surface area (Å²) < 4.78 is 6.00. The molecule has 6 heteroatoms. The molecule has 0 spiro atoms. The number of guanidine groups is 1. The summed E-state index contributed by atoms with van der Waals surface area (Å²) >= 11 is 0. The van der Waals surface area contributed by atoms with Gasteiger partial charge in [0.25, 0.3) is 0 Å². The lowest BCUT2D eigenvalue weighted by Gasteiger charge is -2.60. The van der Waals surface area contributed by atoms with Crippen LogP contribution in [0.1, 0.15) is 65.7 Å². The van der Waals surface area contributed by atoms with Crippen LogP contribution in [0.2, 0.25) is 0 Å². The van der Waals surface area contributed by atoms with E-state index < -0.39 is 0 Å². The van der Waals surface area contributed by atoms with Crippen LogP contribution in [0.4, 0.5) is 0 Å². The Morgan fingerprint density at radius 3 is 2.62 bits per heavy atom. The Morgan fingerprint density at radius 2 is 1.92 bits per heavy atom. The predicted octanol–water partition coefficient (Wildman–Crippen LogP) is 3.30. The van der Waals surface area contributed by atoms with Crippen molar-refractivity contribution < 1.29 is 9.84 Å². The molecule has 3 aliphatic rings. The number of aliphatic hydroxyl groups is 1. The van der Waals surface area contributed by atoms with E-state index >= 15 is 0 Å². The van der Waals surface area contributed by atoms with Gasteiger partial charge in [-0.05, 0) is 38.5 Å². The van der Waals surface area contributed by atoms with Gasteiger partial charge in [0, 0.05) is 30.5 Å². The molecule has 2 aliphatic carbocycles. The molecule has 5 nitrogen and oxygen atoms in total. The van der Waals surface area contributed by atoms with E-state index in [2.05, 4.69) is 31.4 Å². The number of aliphatic imine (C=N–C) groups is 1. The molecule has 0 aromatic heterocycles. The van der Waals surface area contributed by atoms with E-state index in [0.717, 1.165) is 38.4 Å². The number of hydrogen-bond acceptors (Lipinski definition) is 3. The fourth-order valence-corrected chi connectivity index (χ4v) is 5.14. The van der Waals surface area contributed by atoms with Crippen LogP contribution in [0.25, 0.3) is 0 Å². The maximum Gasteiger partial charge on any atom is 0.191 e. The molecule has 0 radical (unpaired) electrons. The van der Waals surface area contributed by atoms with Crippen LogP contribution in [-0.4, -0.2) is 49.0 Å². The first kappa shape index (κ1) is 22.2. The Labute approximate surface area is 176 Å². The number of fused-ring (bicyclic) bond motifs is 1. The summed E-state index contributed by atoms with van der Waals surface area (Å²) in [6, 6.07) is 0.391. The van der Waals surface area contributed by atoms with Crippen LogP contribution < -0.4 is 10.6 Å². The lowest BCUT2D eigenvalue weighted by molar-refractivity contribution is -0.188. The van der Waals surface area contributed by atoms with E-state index in [1.54, 1.807) is 0 Å². The summed E-state index contributed by atoms with van der Waals surface area (Å²) in [4.78, 5) is 4.72. The standard InChI is InChI=1S/C20H37N3O2.HI/c1-4-21-19(22-13-16(24)14-9-6-5-7-10-14)23-17-15-11-8-12-25-18(15)20(17,2)3;/h14-18,24H,4-13H2,1-3H3,(H2,21,22,23);1H. The van der Waals surface area contributed by atoms with Crippen LogP contribution in [-0.2, 0) is 4.74 Å². The highest BCUT2D eigenvalue weighted by Gasteiger charge is 2.58. The second kappa shape index (κ2) is 9.92. The van der Waals surface area contributed by atoms with Crippen molar-refractivity contribution in [3.63, 3.8) is 0 Å².